The van der Waals surface area contributed by atoms with Crippen molar-refractivity contribution in [2.45, 2.75) is 31.1 Å². The molecule has 0 aliphatic carbocycles. The van der Waals surface area contributed by atoms with Gasteiger partial charge in [0.15, 0.2) is 0 Å². The Balaban J connectivity index is 2.15. The largest absolute Gasteiger partial charge is 0.480 e. The highest BCUT2D eigenvalue weighted by molar-refractivity contribution is 7.98. The molecular weight excluding hydrogens is 234 g/mol. The average Bonchev–Trinajstić information content (AvgIpc) is 2.29. The zero-order valence-corrected chi connectivity index (χ0v) is 10.9. The first kappa shape index (κ1) is 14.1. The zero-order chi connectivity index (χ0) is 12.7. The van der Waals surface area contributed by atoms with Crippen LogP contribution in [0.1, 0.15) is 25.3 Å². The zero-order valence-electron chi connectivity index (χ0n) is 10.1. The predicted octanol–water partition coefficient (Wildman–Crippen LogP) is 2.50. The number of rotatable bonds is 7. The van der Waals surface area contributed by atoms with E-state index < -0.39 is 11.5 Å². The molecule has 94 valence electrons. The molecule has 3 nitrogen and oxygen atoms in total. The van der Waals surface area contributed by atoms with Gasteiger partial charge in [0.1, 0.15) is 5.54 Å². The van der Waals surface area contributed by atoms with Crippen LogP contribution in [0.5, 0.6) is 0 Å². The quantitative estimate of drug-likeness (QED) is 0.733. The van der Waals surface area contributed by atoms with Gasteiger partial charge in [-0.05, 0) is 31.1 Å². The van der Waals surface area contributed by atoms with Crippen LogP contribution in [0.2, 0.25) is 0 Å². The Hall–Kier alpha value is -1.00. The van der Waals surface area contributed by atoms with Crippen molar-refractivity contribution in [3.8, 4) is 0 Å². The fraction of sp³-hybridized carbons (Fsp3) is 0.462. The van der Waals surface area contributed by atoms with Crippen LogP contribution in [-0.2, 0) is 10.5 Å². The number of carboxylic acid groups (broad SMARTS) is 1. The molecule has 0 aliphatic heterocycles. The second-order valence-corrected chi connectivity index (χ2v) is 5.47. The Morgan fingerprint density at radius 2 is 2.06 bits per heavy atom. The smallest absolute Gasteiger partial charge is 0.323 e. The van der Waals surface area contributed by atoms with Gasteiger partial charge in [-0.15, -0.1) is 0 Å². The van der Waals surface area contributed by atoms with Crippen LogP contribution in [0.4, 0.5) is 0 Å². The molecule has 1 aromatic carbocycles. The second-order valence-electron chi connectivity index (χ2n) is 4.36. The summed E-state index contributed by atoms with van der Waals surface area (Å²) in [5, 5.41) is 8.84. The third-order valence-corrected chi connectivity index (χ3v) is 3.70. The predicted molar refractivity (Wildman–Crippen MR) is 72.1 cm³/mol. The molecule has 0 amide bonds. The van der Waals surface area contributed by atoms with E-state index in [1.807, 2.05) is 30.0 Å². The van der Waals surface area contributed by atoms with Gasteiger partial charge in [-0.3, -0.25) is 4.79 Å². The SMILES string of the molecule is CC(N)(CCCSCc1ccccc1)C(=O)O. The van der Waals surface area contributed by atoms with Gasteiger partial charge in [0.25, 0.3) is 0 Å². The summed E-state index contributed by atoms with van der Waals surface area (Å²) in [6.07, 6.45) is 1.35. The molecule has 0 aromatic heterocycles. The highest BCUT2D eigenvalue weighted by atomic mass is 32.2. The lowest BCUT2D eigenvalue weighted by Crippen LogP contribution is -2.44. The van der Waals surface area contributed by atoms with Gasteiger partial charge >= 0.3 is 5.97 Å². The number of hydrogen-bond acceptors (Lipinski definition) is 3. The number of benzene rings is 1. The van der Waals surface area contributed by atoms with Crippen LogP contribution >= 0.6 is 11.8 Å². The first-order valence-electron chi connectivity index (χ1n) is 5.66. The Labute approximate surface area is 106 Å². The van der Waals surface area contributed by atoms with Crippen LogP contribution in [0, 0.1) is 0 Å². The van der Waals surface area contributed by atoms with Gasteiger partial charge in [0.2, 0.25) is 0 Å². The lowest BCUT2D eigenvalue weighted by Gasteiger charge is -2.18. The molecule has 0 saturated heterocycles. The molecule has 0 saturated carbocycles. The van der Waals surface area contributed by atoms with E-state index >= 15 is 0 Å². The summed E-state index contributed by atoms with van der Waals surface area (Å²) in [4.78, 5) is 10.8. The fourth-order valence-corrected chi connectivity index (χ4v) is 2.33. The summed E-state index contributed by atoms with van der Waals surface area (Å²) >= 11 is 1.81. The van der Waals surface area contributed by atoms with Crippen LogP contribution < -0.4 is 5.73 Å². The molecule has 1 rings (SSSR count). The molecule has 17 heavy (non-hydrogen) atoms. The minimum Gasteiger partial charge on any atom is -0.480 e. The van der Waals surface area contributed by atoms with E-state index in [1.54, 1.807) is 6.92 Å². The highest BCUT2D eigenvalue weighted by Gasteiger charge is 2.26. The maximum atomic E-state index is 10.8. The summed E-state index contributed by atoms with van der Waals surface area (Å²) < 4.78 is 0. The van der Waals surface area contributed by atoms with Crippen LogP contribution in [0.15, 0.2) is 30.3 Å². The number of carbonyl (C=O) groups is 1. The molecule has 0 fully saturated rings. The average molecular weight is 253 g/mol. The van der Waals surface area contributed by atoms with Crippen LogP contribution in [0.3, 0.4) is 0 Å². The van der Waals surface area contributed by atoms with E-state index in [1.165, 1.54) is 5.56 Å². The maximum absolute atomic E-state index is 10.8. The Morgan fingerprint density at radius 1 is 1.41 bits per heavy atom. The summed E-state index contributed by atoms with van der Waals surface area (Å²) in [7, 11) is 0. The summed E-state index contributed by atoms with van der Waals surface area (Å²) in [5.41, 5.74) is 5.85. The molecule has 1 unspecified atom stereocenters. The minimum atomic E-state index is -1.09. The number of aliphatic carboxylic acids is 1. The van der Waals surface area contributed by atoms with E-state index in [9.17, 15) is 4.79 Å². The third kappa shape index (κ3) is 5.24. The fourth-order valence-electron chi connectivity index (χ4n) is 1.41. The third-order valence-electron chi connectivity index (χ3n) is 2.58. The van der Waals surface area contributed by atoms with Crippen molar-refractivity contribution in [1.29, 1.82) is 0 Å². The lowest BCUT2D eigenvalue weighted by atomic mass is 9.98. The topological polar surface area (TPSA) is 63.3 Å². The number of thioether (sulfide) groups is 1. The summed E-state index contributed by atoms with van der Waals surface area (Å²) in [6.45, 7) is 1.57. The summed E-state index contributed by atoms with van der Waals surface area (Å²) in [6, 6.07) is 10.2. The second kappa shape index (κ2) is 6.67. The molecule has 0 radical (unpaired) electrons. The number of nitrogens with two attached hydrogens (primary N) is 1. The molecule has 0 spiro atoms. The first-order chi connectivity index (χ1) is 8.02. The molecular formula is C13H19NO2S. The van der Waals surface area contributed by atoms with Crippen molar-refractivity contribution in [3.05, 3.63) is 35.9 Å². The van der Waals surface area contributed by atoms with E-state index in [4.69, 9.17) is 10.8 Å². The normalized spacial score (nSPS) is 14.2. The van der Waals surface area contributed by atoms with Gasteiger partial charge in [0.05, 0.1) is 0 Å². The highest BCUT2D eigenvalue weighted by Crippen LogP contribution is 2.16. The monoisotopic (exact) mass is 253 g/mol. The van der Waals surface area contributed by atoms with E-state index in [-0.39, 0.29) is 0 Å². The lowest BCUT2D eigenvalue weighted by molar-refractivity contribution is -0.142. The van der Waals surface area contributed by atoms with Crippen molar-refractivity contribution in [2.24, 2.45) is 5.73 Å². The van der Waals surface area contributed by atoms with Gasteiger partial charge in [-0.1, -0.05) is 30.3 Å². The van der Waals surface area contributed by atoms with Crippen LogP contribution in [0.25, 0.3) is 0 Å². The van der Waals surface area contributed by atoms with Crippen molar-refractivity contribution in [1.82, 2.24) is 0 Å². The molecule has 1 atom stereocenters. The standard InChI is InChI=1S/C13H19NO2S/c1-13(14,12(15)16)8-5-9-17-10-11-6-3-2-4-7-11/h2-4,6-7H,5,8-10,14H2,1H3,(H,15,16). The molecule has 1 aromatic rings. The van der Waals surface area contributed by atoms with Gasteiger partial charge < -0.3 is 10.8 Å². The molecule has 4 heteroatoms. The van der Waals surface area contributed by atoms with E-state index in [0.29, 0.717) is 6.42 Å². The van der Waals surface area contributed by atoms with E-state index in [2.05, 4.69) is 12.1 Å². The first-order valence-corrected chi connectivity index (χ1v) is 6.82. The number of carboxylic acids is 1. The maximum Gasteiger partial charge on any atom is 0.323 e. The Morgan fingerprint density at radius 3 is 2.65 bits per heavy atom. The molecule has 3 N–H and O–H groups in total. The van der Waals surface area contributed by atoms with Crippen molar-refractivity contribution >= 4 is 17.7 Å². The van der Waals surface area contributed by atoms with Crippen molar-refractivity contribution < 1.29 is 9.90 Å². The molecule has 0 heterocycles. The minimum absolute atomic E-state index is 0.518. The number of hydrogen-bond donors (Lipinski definition) is 2. The van der Waals surface area contributed by atoms with Crippen molar-refractivity contribution in [2.75, 3.05) is 5.75 Å². The van der Waals surface area contributed by atoms with Crippen LogP contribution in [-0.4, -0.2) is 22.4 Å². The molecule has 0 bridgehead atoms. The van der Waals surface area contributed by atoms with Crippen molar-refractivity contribution in [3.63, 3.8) is 0 Å². The Kier molecular flexibility index (Phi) is 5.51. The van der Waals surface area contributed by atoms with E-state index in [0.717, 1.165) is 17.9 Å². The molecule has 0 aliphatic rings. The van der Waals surface area contributed by atoms with Gasteiger partial charge in [-0.2, -0.15) is 11.8 Å². The summed E-state index contributed by atoms with van der Waals surface area (Å²) in [5.74, 6) is 0.981. The Bertz CT molecular complexity index is 352. The van der Waals surface area contributed by atoms with Gasteiger partial charge in [0, 0.05) is 5.75 Å². The van der Waals surface area contributed by atoms with Gasteiger partial charge in [-0.25, -0.2) is 0 Å².